The lowest BCUT2D eigenvalue weighted by atomic mass is 10.1. The molecule has 0 atom stereocenters. The number of rotatable bonds is 3. The number of fused-ring (bicyclic) bond motifs is 1. The number of aromatic nitrogens is 3. The van der Waals surface area contributed by atoms with E-state index in [1.807, 2.05) is 46.0 Å². The molecular weight excluding hydrogens is 288 g/mol. The smallest absolute Gasteiger partial charge is 0.253 e. The molecule has 1 aromatic heterocycles. The van der Waals surface area contributed by atoms with Crippen LogP contribution in [0.5, 0.6) is 0 Å². The Kier molecular flexibility index (Phi) is 3.54. The van der Waals surface area contributed by atoms with Crippen LogP contribution in [-0.2, 0) is 6.54 Å². The second-order valence-corrected chi connectivity index (χ2v) is 5.94. The van der Waals surface area contributed by atoms with Crippen molar-refractivity contribution in [3.05, 3.63) is 59.7 Å². The van der Waals surface area contributed by atoms with Crippen molar-refractivity contribution >= 4 is 16.9 Å². The molecule has 2 aromatic carbocycles. The van der Waals surface area contributed by atoms with Gasteiger partial charge < -0.3 is 4.90 Å². The van der Waals surface area contributed by atoms with E-state index in [9.17, 15) is 4.79 Å². The molecule has 0 N–H and O–H groups in total. The summed E-state index contributed by atoms with van der Waals surface area (Å²) in [4.78, 5) is 14.4. The third kappa shape index (κ3) is 2.70. The first kappa shape index (κ1) is 13.9. The van der Waals surface area contributed by atoms with Gasteiger partial charge in [0.1, 0.15) is 5.52 Å². The Morgan fingerprint density at radius 1 is 1.04 bits per heavy atom. The number of hydrogen-bond acceptors (Lipinski definition) is 3. The van der Waals surface area contributed by atoms with Crippen LogP contribution in [0.1, 0.15) is 28.8 Å². The molecule has 0 aliphatic carbocycles. The standard InChI is InChI=1S/C18H18N4O/c23-18(21-10-4-5-11-21)15-8-9-17-16(12-15)19-20-22(17)13-14-6-2-1-3-7-14/h1-3,6-9,12H,4-5,10-11,13H2. The van der Waals surface area contributed by atoms with Crippen LogP contribution < -0.4 is 0 Å². The number of benzene rings is 2. The Hall–Kier alpha value is -2.69. The fourth-order valence-corrected chi connectivity index (χ4v) is 3.08. The minimum atomic E-state index is 0.0991. The fourth-order valence-electron chi connectivity index (χ4n) is 3.08. The Morgan fingerprint density at radius 3 is 2.61 bits per heavy atom. The molecule has 0 bridgehead atoms. The molecule has 2 heterocycles. The summed E-state index contributed by atoms with van der Waals surface area (Å²) in [5.41, 5.74) is 3.60. The highest BCUT2D eigenvalue weighted by atomic mass is 16.2. The Morgan fingerprint density at radius 2 is 1.83 bits per heavy atom. The largest absolute Gasteiger partial charge is 0.339 e. The van der Waals surface area contributed by atoms with Gasteiger partial charge in [-0.15, -0.1) is 5.10 Å². The number of hydrogen-bond donors (Lipinski definition) is 0. The lowest BCUT2D eigenvalue weighted by Crippen LogP contribution is -2.27. The Balaban J connectivity index is 1.62. The van der Waals surface area contributed by atoms with Crippen LogP contribution in [0.15, 0.2) is 48.5 Å². The highest BCUT2D eigenvalue weighted by Crippen LogP contribution is 2.18. The van der Waals surface area contributed by atoms with Crippen LogP contribution in [0.25, 0.3) is 11.0 Å². The van der Waals surface area contributed by atoms with Crippen LogP contribution in [0.2, 0.25) is 0 Å². The van der Waals surface area contributed by atoms with Gasteiger partial charge in [-0.05, 0) is 36.6 Å². The summed E-state index contributed by atoms with van der Waals surface area (Å²) in [6.45, 7) is 2.39. The maximum Gasteiger partial charge on any atom is 0.253 e. The SMILES string of the molecule is O=C(c1ccc2c(c1)nnn2Cc1ccccc1)N1CCCC1. The summed E-state index contributed by atoms with van der Waals surface area (Å²) >= 11 is 0. The zero-order valence-electron chi connectivity index (χ0n) is 12.9. The summed E-state index contributed by atoms with van der Waals surface area (Å²) < 4.78 is 1.87. The van der Waals surface area contributed by atoms with Crippen LogP contribution in [0.3, 0.4) is 0 Å². The molecule has 5 heteroatoms. The fraction of sp³-hybridized carbons (Fsp3) is 0.278. The Bertz CT molecular complexity index is 835. The van der Waals surface area contributed by atoms with E-state index in [1.165, 1.54) is 5.56 Å². The number of carbonyl (C=O) groups excluding carboxylic acids is 1. The van der Waals surface area contributed by atoms with Gasteiger partial charge in [0.05, 0.1) is 12.1 Å². The zero-order valence-corrected chi connectivity index (χ0v) is 12.9. The van der Waals surface area contributed by atoms with Gasteiger partial charge in [-0.1, -0.05) is 35.5 Å². The van der Waals surface area contributed by atoms with Crippen molar-refractivity contribution in [3.63, 3.8) is 0 Å². The second-order valence-electron chi connectivity index (χ2n) is 5.94. The molecule has 0 spiro atoms. The summed E-state index contributed by atoms with van der Waals surface area (Å²) in [5, 5.41) is 8.46. The number of nitrogens with zero attached hydrogens (tertiary/aromatic N) is 4. The summed E-state index contributed by atoms with van der Waals surface area (Å²) in [5.74, 6) is 0.0991. The molecule has 0 saturated carbocycles. The molecule has 5 nitrogen and oxygen atoms in total. The van der Waals surface area contributed by atoms with Gasteiger partial charge in [-0.3, -0.25) is 4.79 Å². The van der Waals surface area contributed by atoms with Gasteiger partial charge >= 0.3 is 0 Å². The first-order valence-electron chi connectivity index (χ1n) is 7.98. The third-order valence-electron chi connectivity index (χ3n) is 4.33. The van der Waals surface area contributed by atoms with E-state index in [0.29, 0.717) is 12.1 Å². The van der Waals surface area contributed by atoms with Gasteiger partial charge in [0.2, 0.25) is 0 Å². The minimum absolute atomic E-state index is 0.0991. The van der Waals surface area contributed by atoms with Crippen molar-refractivity contribution in [1.29, 1.82) is 0 Å². The van der Waals surface area contributed by atoms with Crippen molar-refractivity contribution in [2.24, 2.45) is 0 Å². The average molecular weight is 306 g/mol. The van der Waals surface area contributed by atoms with E-state index in [1.54, 1.807) is 0 Å². The van der Waals surface area contributed by atoms with E-state index in [-0.39, 0.29) is 5.91 Å². The highest BCUT2D eigenvalue weighted by molar-refractivity contribution is 5.97. The van der Waals surface area contributed by atoms with Crippen LogP contribution in [0, 0.1) is 0 Å². The van der Waals surface area contributed by atoms with Crippen LogP contribution in [0.4, 0.5) is 0 Å². The zero-order chi connectivity index (χ0) is 15.6. The van der Waals surface area contributed by atoms with Crippen molar-refractivity contribution in [2.75, 3.05) is 13.1 Å². The quantitative estimate of drug-likeness (QED) is 0.747. The van der Waals surface area contributed by atoms with E-state index in [0.717, 1.165) is 37.0 Å². The van der Waals surface area contributed by atoms with Crippen LogP contribution >= 0.6 is 0 Å². The molecule has 4 rings (SSSR count). The predicted octanol–water partition coefficient (Wildman–Crippen LogP) is 2.72. The molecule has 1 aliphatic rings. The van der Waals surface area contributed by atoms with E-state index in [2.05, 4.69) is 22.4 Å². The monoisotopic (exact) mass is 306 g/mol. The Labute approximate surface area is 134 Å². The molecule has 0 unspecified atom stereocenters. The van der Waals surface area contributed by atoms with E-state index >= 15 is 0 Å². The van der Waals surface area contributed by atoms with Gasteiger partial charge in [0.25, 0.3) is 5.91 Å². The lowest BCUT2D eigenvalue weighted by Gasteiger charge is -2.14. The van der Waals surface area contributed by atoms with Gasteiger partial charge in [0, 0.05) is 18.7 Å². The predicted molar refractivity (Wildman–Crippen MR) is 88.2 cm³/mol. The summed E-state index contributed by atoms with van der Waals surface area (Å²) in [6, 6.07) is 15.8. The van der Waals surface area contributed by atoms with Crippen molar-refractivity contribution in [1.82, 2.24) is 19.9 Å². The third-order valence-corrected chi connectivity index (χ3v) is 4.33. The maximum atomic E-state index is 12.5. The lowest BCUT2D eigenvalue weighted by molar-refractivity contribution is 0.0793. The molecule has 1 fully saturated rings. The maximum absolute atomic E-state index is 12.5. The molecule has 0 radical (unpaired) electrons. The molecule has 1 saturated heterocycles. The molecule has 116 valence electrons. The first-order chi connectivity index (χ1) is 11.3. The number of amides is 1. The first-order valence-corrected chi connectivity index (χ1v) is 7.98. The molecule has 1 amide bonds. The summed E-state index contributed by atoms with van der Waals surface area (Å²) in [7, 11) is 0. The summed E-state index contributed by atoms with van der Waals surface area (Å²) in [6.07, 6.45) is 2.20. The number of carbonyl (C=O) groups is 1. The van der Waals surface area contributed by atoms with Crippen LogP contribution in [-0.4, -0.2) is 38.9 Å². The second kappa shape index (κ2) is 5.83. The van der Waals surface area contributed by atoms with E-state index < -0.39 is 0 Å². The minimum Gasteiger partial charge on any atom is -0.339 e. The molecule has 3 aromatic rings. The van der Waals surface area contributed by atoms with Crippen molar-refractivity contribution in [3.8, 4) is 0 Å². The number of likely N-dealkylation sites (tertiary alicyclic amines) is 1. The molecule has 1 aliphatic heterocycles. The van der Waals surface area contributed by atoms with Crippen molar-refractivity contribution in [2.45, 2.75) is 19.4 Å². The molecular formula is C18H18N4O. The van der Waals surface area contributed by atoms with Gasteiger partial charge in [0.15, 0.2) is 0 Å². The van der Waals surface area contributed by atoms with E-state index in [4.69, 9.17) is 0 Å². The highest BCUT2D eigenvalue weighted by Gasteiger charge is 2.20. The average Bonchev–Trinajstić information content (AvgIpc) is 3.25. The topological polar surface area (TPSA) is 51.0 Å². The van der Waals surface area contributed by atoms with Gasteiger partial charge in [-0.2, -0.15) is 0 Å². The molecule has 23 heavy (non-hydrogen) atoms. The van der Waals surface area contributed by atoms with Crippen molar-refractivity contribution < 1.29 is 4.79 Å². The van der Waals surface area contributed by atoms with Gasteiger partial charge in [-0.25, -0.2) is 4.68 Å². The normalized spacial score (nSPS) is 14.5.